The Morgan fingerprint density at radius 2 is 1.88 bits per heavy atom. The number of methoxy groups -OCH3 is 2. The molecule has 2 aromatic rings. The highest BCUT2D eigenvalue weighted by atomic mass is 35.5. The van der Waals surface area contributed by atoms with Crippen LogP contribution in [0.15, 0.2) is 36.4 Å². The molecule has 0 aliphatic heterocycles. The fourth-order valence-electron chi connectivity index (χ4n) is 2.15. The lowest BCUT2D eigenvalue weighted by Gasteiger charge is -2.10. The van der Waals surface area contributed by atoms with Gasteiger partial charge in [0.05, 0.1) is 19.9 Å². The van der Waals surface area contributed by atoms with Crippen LogP contribution in [0.25, 0.3) is 0 Å². The van der Waals surface area contributed by atoms with Crippen molar-refractivity contribution in [2.75, 3.05) is 25.3 Å². The lowest BCUT2D eigenvalue weighted by Crippen LogP contribution is -2.13. The summed E-state index contributed by atoms with van der Waals surface area (Å²) in [5.74, 6) is 1.50. The maximum atomic E-state index is 13.6. The summed E-state index contributed by atoms with van der Waals surface area (Å²) < 4.78 is 23.7. The maximum Gasteiger partial charge on any atom is 0.225 e. The first-order valence-electron chi connectivity index (χ1n) is 7.57. The van der Waals surface area contributed by atoms with Gasteiger partial charge in [-0.15, -0.1) is 0 Å². The number of benzene rings is 2. The summed E-state index contributed by atoms with van der Waals surface area (Å²) in [5, 5.41) is 3.31. The second-order valence-electron chi connectivity index (χ2n) is 5.16. The summed E-state index contributed by atoms with van der Waals surface area (Å²) >= 11 is 7.49. The number of carbonyl (C=O) groups is 1. The molecule has 0 saturated carbocycles. The van der Waals surface area contributed by atoms with E-state index in [0.29, 0.717) is 34.4 Å². The van der Waals surface area contributed by atoms with E-state index < -0.39 is 0 Å². The van der Waals surface area contributed by atoms with Gasteiger partial charge in [-0.05, 0) is 35.9 Å². The Morgan fingerprint density at radius 3 is 2.56 bits per heavy atom. The summed E-state index contributed by atoms with van der Waals surface area (Å²) in [6, 6.07) is 9.90. The number of hydrogen-bond acceptors (Lipinski definition) is 4. The van der Waals surface area contributed by atoms with Gasteiger partial charge in [0.15, 0.2) is 11.6 Å². The van der Waals surface area contributed by atoms with E-state index in [0.717, 1.165) is 5.56 Å². The minimum absolute atomic E-state index is 0.131. The van der Waals surface area contributed by atoms with Gasteiger partial charge in [-0.2, -0.15) is 11.8 Å². The van der Waals surface area contributed by atoms with E-state index in [1.54, 1.807) is 36.0 Å². The van der Waals surface area contributed by atoms with Crippen molar-refractivity contribution in [2.45, 2.75) is 12.2 Å². The number of nitrogens with one attached hydrogen (secondary N) is 1. The first-order chi connectivity index (χ1) is 12.0. The van der Waals surface area contributed by atoms with Crippen LogP contribution < -0.4 is 14.8 Å². The molecular formula is C18H19ClFNO3S. The zero-order valence-corrected chi connectivity index (χ0v) is 15.5. The number of halogens is 2. The van der Waals surface area contributed by atoms with E-state index in [-0.39, 0.29) is 17.5 Å². The Bertz CT molecular complexity index is 742. The highest BCUT2D eigenvalue weighted by Gasteiger charge is 2.09. The highest BCUT2D eigenvalue weighted by Crippen LogP contribution is 2.28. The molecule has 0 aliphatic rings. The molecule has 0 radical (unpaired) electrons. The van der Waals surface area contributed by atoms with Gasteiger partial charge in [-0.3, -0.25) is 4.79 Å². The van der Waals surface area contributed by atoms with Gasteiger partial charge in [0, 0.05) is 22.9 Å². The molecule has 0 heterocycles. The Balaban J connectivity index is 1.79. The largest absolute Gasteiger partial charge is 0.495 e. The van der Waals surface area contributed by atoms with Crippen LogP contribution in [0.3, 0.4) is 0 Å². The molecule has 4 nitrogen and oxygen atoms in total. The summed E-state index contributed by atoms with van der Waals surface area (Å²) in [4.78, 5) is 12.0. The smallest absolute Gasteiger partial charge is 0.225 e. The number of ether oxygens (including phenoxy) is 2. The molecule has 134 valence electrons. The fourth-order valence-corrected chi connectivity index (χ4v) is 3.21. The molecule has 2 rings (SSSR count). The van der Waals surface area contributed by atoms with Crippen LogP contribution in [-0.2, 0) is 10.5 Å². The van der Waals surface area contributed by atoms with Crippen molar-refractivity contribution in [1.82, 2.24) is 0 Å². The van der Waals surface area contributed by atoms with E-state index in [1.807, 2.05) is 6.07 Å². The summed E-state index contributed by atoms with van der Waals surface area (Å²) in [7, 11) is 2.96. The third kappa shape index (κ3) is 5.83. The van der Waals surface area contributed by atoms with Crippen LogP contribution in [0, 0.1) is 5.82 Å². The number of rotatable bonds is 8. The van der Waals surface area contributed by atoms with E-state index in [1.165, 1.54) is 20.3 Å². The molecular weight excluding hydrogens is 365 g/mol. The topological polar surface area (TPSA) is 47.6 Å². The standard InChI is InChI=1S/C18H19ClFNO3S/c1-23-16-5-3-12(9-14(16)20)11-25-8-7-18(22)21-15-10-13(19)4-6-17(15)24-2/h3-6,9-10H,7-8,11H2,1-2H3,(H,21,22). The van der Waals surface area contributed by atoms with Crippen molar-refractivity contribution in [3.8, 4) is 11.5 Å². The number of anilines is 1. The molecule has 0 unspecified atom stereocenters. The monoisotopic (exact) mass is 383 g/mol. The van der Waals surface area contributed by atoms with Crippen molar-refractivity contribution >= 4 is 35.0 Å². The van der Waals surface area contributed by atoms with Crippen LogP contribution in [0.4, 0.5) is 10.1 Å². The number of amides is 1. The average Bonchev–Trinajstić information content (AvgIpc) is 2.59. The molecule has 0 bridgehead atoms. The van der Waals surface area contributed by atoms with Gasteiger partial charge < -0.3 is 14.8 Å². The van der Waals surface area contributed by atoms with E-state index >= 15 is 0 Å². The molecule has 7 heteroatoms. The predicted molar refractivity (Wildman–Crippen MR) is 100 cm³/mol. The molecule has 25 heavy (non-hydrogen) atoms. The Morgan fingerprint density at radius 1 is 1.16 bits per heavy atom. The molecule has 0 spiro atoms. The minimum atomic E-state index is -0.383. The maximum absolute atomic E-state index is 13.6. The van der Waals surface area contributed by atoms with Crippen LogP contribution in [0.2, 0.25) is 5.02 Å². The summed E-state index contributed by atoms with van der Waals surface area (Å²) in [5.41, 5.74) is 1.39. The zero-order chi connectivity index (χ0) is 18.2. The normalized spacial score (nSPS) is 10.4. The molecule has 1 amide bonds. The summed E-state index contributed by atoms with van der Waals surface area (Å²) in [6.45, 7) is 0. The lowest BCUT2D eigenvalue weighted by molar-refractivity contribution is -0.115. The van der Waals surface area contributed by atoms with E-state index in [4.69, 9.17) is 21.1 Å². The van der Waals surface area contributed by atoms with Crippen LogP contribution in [0.5, 0.6) is 11.5 Å². The van der Waals surface area contributed by atoms with E-state index in [9.17, 15) is 9.18 Å². The molecule has 0 aromatic heterocycles. The van der Waals surface area contributed by atoms with Gasteiger partial charge in [0.25, 0.3) is 0 Å². The minimum Gasteiger partial charge on any atom is -0.495 e. The average molecular weight is 384 g/mol. The predicted octanol–water partition coefficient (Wildman–Crippen LogP) is 4.76. The quantitative estimate of drug-likeness (QED) is 0.668. The Kier molecular flexibility index (Phi) is 7.40. The fraction of sp³-hybridized carbons (Fsp3) is 0.278. The van der Waals surface area contributed by atoms with Gasteiger partial charge in [-0.1, -0.05) is 17.7 Å². The molecule has 0 aliphatic carbocycles. The second-order valence-corrected chi connectivity index (χ2v) is 6.71. The van der Waals surface area contributed by atoms with Crippen LogP contribution in [-0.4, -0.2) is 25.9 Å². The van der Waals surface area contributed by atoms with Crippen LogP contribution >= 0.6 is 23.4 Å². The van der Waals surface area contributed by atoms with Gasteiger partial charge in [0.2, 0.25) is 5.91 Å². The SMILES string of the molecule is COc1ccc(CSCCC(=O)Nc2cc(Cl)ccc2OC)cc1F. The molecule has 0 fully saturated rings. The third-order valence-electron chi connectivity index (χ3n) is 3.39. The van der Waals surface area contributed by atoms with E-state index in [2.05, 4.69) is 5.32 Å². The van der Waals surface area contributed by atoms with Gasteiger partial charge in [-0.25, -0.2) is 4.39 Å². The molecule has 0 atom stereocenters. The van der Waals surface area contributed by atoms with Gasteiger partial charge in [0.1, 0.15) is 5.75 Å². The van der Waals surface area contributed by atoms with Crippen molar-refractivity contribution in [3.05, 3.63) is 52.8 Å². The molecule has 2 aromatic carbocycles. The Hall–Kier alpha value is -1.92. The number of thioether (sulfide) groups is 1. The number of hydrogen-bond donors (Lipinski definition) is 1. The van der Waals surface area contributed by atoms with Crippen LogP contribution in [0.1, 0.15) is 12.0 Å². The first kappa shape index (κ1) is 19.4. The number of carbonyl (C=O) groups excluding carboxylic acids is 1. The first-order valence-corrected chi connectivity index (χ1v) is 9.10. The third-order valence-corrected chi connectivity index (χ3v) is 4.66. The van der Waals surface area contributed by atoms with Crippen molar-refractivity contribution < 1.29 is 18.7 Å². The lowest BCUT2D eigenvalue weighted by atomic mass is 10.2. The summed E-state index contributed by atoms with van der Waals surface area (Å²) in [6.07, 6.45) is 0.332. The van der Waals surface area contributed by atoms with Crippen molar-refractivity contribution in [2.24, 2.45) is 0 Å². The highest BCUT2D eigenvalue weighted by molar-refractivity contribution is 7.98. The zero-order valence-electron chi connectivity index (χ0n) is 14.0. The molecule has 1 N–H and O–H groups in total. The molecule has 0 saturated heterocycles. The Labute approximate surface area is 155 Å². The van der Waals surface area contributed by atoms with Crippen molar-refractivity contribution in [1.29, 1.82) is 0 Å². The van der Waals surface area contributed by atoms with Crippen molar-refractivity contribution in [3.63, 3.8) is 0 Å². The second kappa shape index (κ2) is 9.53. The van der Waals surface area contributed by atoms with Gasteiger partial charge >= 0.3 is 0 Å².